The standard InChI is InChI=1S/C49H35NS/c1-49(2)43-17-7-5-14-40(43)42-31-37(29-30-44(42)49)50(45-18-10-20-47-48(45)41-15-6-8-19-46(41)51-47)36-27-25-33(26-28-36)32-21-23-35(24-22-32)39-16-9-12-34-11-3-4-13-38(34)39/h3-31H,1-2H3. The van der Waals surface area contributed by atoms with Crippen molar-refractivity contribution in [1.29, 1.82) is 0 Å². The molecule has 2 heteroatoms. The average Bonchev–Trinajstić information content (AvgIpc) is 3.67. The molecule has 0 saturated carbocycles. The Kier molecular flexibility index (Phi) is 6.78. The SMILES string of the molecule is CC1(C)c2ccccc2-c2cc(N(c3ccc(-c4ccc(-c5cccc6ccccc56)cc4)cc3)c3cccc4sc5ccccc5c34)ccc21. The Labute approximate surface area is 302 Å². The summed E-state index contributed by atoms with van der Waals surface area (Å²) in [6.45, 7) is 4.70. The number of hydrogen-bond donors (Lipinski definition) is 0. The predicted molar refractivity (Wildman–Crippen MR) is 220 cm³/mol. The minimum atomic E-state index is -0.0380. The maximum absolute atomic E-state index is 2.46. The van der Waals surface area contributed by atoms with Gasteiger partial charge in [-0.3, -0.25) is 0 Å². The van der Waals surface area contributed by atoms with Gasteiger partial charge in [-0.2, -0.15) is 0 Å². The van der Waals surface area contributed by atoms with Crippen LogP contribution in [0.15, 0.2) is 176 Å². The zero-order valence-electron chi connectivity index (χ0n) is 28.6. The van der Waals surface area contributed by atoms with Gasteiger partial charge in [-0.1, -0.05) is 147 Å². The molecule has 1 aliphatic rings. The Morgan fingerprint density at radius 1 is 0.431 bits per heavy atom. The minimum Gasteiger partial charge on any atom is -0.310 e. The summed E-state index contributed by atoms with van der Waals surface area (Å²) in [6.07, 6.45) is 0. The van der Waals surface area contributed by atoms with Gasteiger partial charge in [0.1, 0.15) is 0 Å². The first-order chi connectivity index (χ1) is 25.0. The fourth-order valence-corrected chi connectivity index (χ4v) is 9.47. The van der Waals surface area contributed by atoms with E-state index >= 15 is 0 Å². The summed E-state index contributed by atoms with van der Waals surface area (Å²) in [5.74, 6) is 0. The quantitative estimate of drug-likeness (QED) is 0.176. The molecule has 0 unspecified atom stereocenters. The maximum Gasteiger partial charge on any atom is 0.0554 e. The zero-order chi connectivity index (χ0) is 34.1. The van der Waals surface area contributed by atoms with Crippen LogP contribution in [0, 0.1) is 0 Å². The molecule has 0 amide bonds. The van der Waals surface area contributed by atoms with E-state index < -0.39 is 0 Å². The molecule has 0 fully saturated rings. The van der Waals surface area contributed by atoms with E-state index in [1.807, 2.05) is 11.3 Å². The highest BCUT2D eigenvalue weighted by Crippen LogP contribution is 2.51. The molecule has 1 aliphatic carbocycles. The number of rotatable bonds is 5. The molecule has 0 aliphatic heterocycles. The summed E-state index contributed by atoms with van der Waals surface area (Å²) in [4.78, 5) is 2.46. The average molecular weight is 670 g/mol. The Hall–Kier alpha value is -5.96. The van der Waals surface area contributed by atoms with Crippen molar-refractivity contribution in [2.45, 2.75) is 19.3 Å². The van der Waals surface area contributed by atoms with Gasteiger partial charge in [0, 0.05) is 37.0 Å². The van der Waals surface area contributed by atoms with Crippen molar-refractivity contribution in [2.24, 2.45) is 0 Å². The highest BCUT2D eigenvalue weighted by molar-refractivity contribution is 7.26. The van der Waals surface area contributed by atoms with Crippen LogP contribution in [-0.2, 0) is 5.41 Å². The van der Waals surface area contributed by atoms with E-state index in [9.17, 15) is 0 Å². The van der Waals surface area contributed by atoms with Gasteiger partial charge in [0.15, 0.2) is 0 Å². The number of benzene rings is 8. The predicted octanol–water partition coefficient (Wildman–Crippen LogP) is 14.3. The number of hydrogen-bond acceptors (Lipinski definition) is 2. The molecule has 0 atom stereocenters. The summed E-state index contributed by atoms with van der Waals surface area (Å²) in [5.41, 5.74) is 13.8. The second kappa shape index (κ2) is 11.6. The Morgan fingerprint density at radius 3 is 1.86 bits per heavy atom. The van der Waals surface area contributed by atoms with E-state index in [2.05, 4.69) is 195 Å². The van der Waals surface area contributed by atoms with E-state index in [-0.39, 0.29) is 5.41 Å². The fourth-order valence-electron chi connectivity index (χ4n) is 8.34. The van der Waals surface area contributed by atoms with E-state index in [1.165, 1.54) is 81.1 Å². The van der Waals surface area contributed by atoms with E-state index in [4.69, 9.17) is 0 Å². The molecule has 0 N–H and O–H groups in total. The molecule has 242 valence electrons. The summed E-state index contributed by atoms with van der Waals surface area (Å²) < 4.78 is 2.61. The molecule has 0 saturated heterocycles. The molecule has 1 aromatic heterocycles. The van der Waals surface area contributed by atoms with Crippen molar-refractivity contribution >= 4 is 59.3 Å². The lowest BCUT2D eigenvalue weighted by atomic mass is 9.82. The van der Waals surface area contributed by atoms with Crippen LogP contribution in [0.1, 0.15) is 25.0 Å². The molecule has 9 aromatic rings. The molecule has 51 heavy (non-hydrogen) atoms. The van der Waals surface area contributed by atoms with Crippen molar-refractivity contribution in [3.05, 3.63) is 187 Å². The van der Waals surface area contributed by atoms with Crippen molar-refractivity contribution in [2.75, 3.05) is 4.90 Å². The lowest BCUT2D eigenvalue weighted by Gasteiger charge is -2.28. The van der Waals surface area contributed by atoms with Gasteiger partial charge in [0.05, 0.1) is 5.69 Å². The fraction of sp³-hybridized carbons (Fsp3) is 0.0612. The van der Waals surface area contributed by atoms with Gasteiger partial charge < -0.3 is 4.90 Å². The van der Waals surface area contributed by atoms with Crippen LogP contribution in [0.25, 0.3) is 64.3 Å². The molecule has 8 aromatic carbocycles. The van der Waals surface area contributed by atoms with Crippen LogP contribution in [0.4, 0.5) is 17.1 Å². The molecule has 1 heterocycles. The summed E-state index contributed by atoms with van der Waals surface area (Å²) in [6, 6.07) is 64.8. The number of nitrogens with zero attached hydrogens (tertiary/aromatic N) is 1. The van der Waals surface area contributed by atoms with Gasteiger partial charge in [-0.05, 0) is 97.7 Å². The van der Waals surface area contributed by atoms with Gasteiger partial charge in [0.2, 0.25) is 0 Å². The highest BCUT2D eigenvalue weighted by Gasteiger charge is 2.35. The van der Waals surface area contributed by atoms with Gasteiger partial charge in [-0.15, -0.1) is 11.3 Å². The van der Waals surface area contributed by atoms with E-state index in [1.54, 1.807) is 0 Å². The number of fused-ring (bicyclic) bond motifs is 7. The highest BCUT2D eigenvalue weighted by atomic mass is 32.1. The lowest BCUT2D eigenvalue weighted by Crippen LogP contribution is -2.15. The first-order valence-electron chi connectivity index (χ1n) is 17.7. The lowest BCUT2D eigenvalue weighted by molar-refractivity contribution is 0.660. The Morgan fingerprint density at radius 2 is 1.02 bits per heavy atom. The summed E-state index contributed by atoms with van der Waals surface area (Å²) in [5, 5.41) is 5.15. The van der Waals surface area contributed by atoms with Crippen molar-refractivity contribution in [1.82, 2.24) is 0 Å². The van der Waals surface area contributed by atoms with Crippen LogP contribution >= 0.6 is 11.3 Å². The molecule has 0 radical (unpaired) electrons. The third-order valence-electron chi connectivity index (χ3n) is 10.9. The number of thiophene rings is 1. The Balaban J connectivity index is 1.09. The summed E-state index contributed by atoms with van der Waals surface area (Å²) in [7, 11) is 0. The zero-order valence-corrected chi connectivity index (χ0v) is 29.4. The molecule has 0 bridgehead atoms. The number of anilines is 3. The van der Waals surface area contributed by atoms with Gasteiger partial charge >= 0.3 is 0 Å². The second-order valence-corrected chi connectivity index (χ2v) is 15.2. The normalized spacial score (nSPS) is 13.1. The first kappa shape index (κ1) is 29.9. The van der Waals surface area contributed by atoms with E-state index in [0.29, 0.717) is 0 Å². The van der Waals surface area contributed by atoms with Gasteiger partial charge in [0.25, 0.3) is 0 Å². The van der Waals surface area contributed by atoms with Crippen molar-refractivity contribution in [3.8, 4) is 33.4 Å². The van der Waals surface area contributed by atoms with Crippen molar-refractivity contribution < 1.29 is 0 Å². The molecule has 10 rings (SSSR count). The molecular formula is C49H35NS. The van der Waals surface area contributed by atoms with Crippen LogP contribution < -0.4 is 4.90 Å². The largest absolute Gasteiger partial charge is 0.310 e. The summed E-state index contributed by atoms with van der Waals surface area (Å²) >= 11 is 1.87. The third-order valence-corrected chi connectivity index (χ3v) is 12.0. The van der Waals surface area contributed by atoms with Crippen molar-refractivity contribution in [3.63, 3.8) is 0 Å². The van der Waals surface area contributed by atoms with Gasteiger partial charge in [-0.25, -0.2) is 0 Å². The third kappa shape index (κ3) is 4.75. The molecule has 0 spiro atoms. The monoisotopic (exact) mass is 669 g/mol. The van der Waals surface area contributed by atoms with Crippen LogP contribution in [-0.4, -0.2) is 0 Å². The van der Waals surface area contributed by atoms with Crippen LogP contribution in [0.2, 0.25) is 0 Å². The van der Waals surface area contributed by atoms with Crippen LogP contribution in [0.3, 0.4) is 0 Å². The minimum absolute atomic E-state index is 0.0380. The topological polar surface area (TPSA) is 3.24 Å². The molecular weight excluding hydrogens is 635 g/mol. The second-order valence-electron chi connectivity index (χ2n) is 14.1. The first-order valence-corrected chi connectivity index (χ1v) is 18.5. The molecule has 1 nitrogen and oxygen atoms in total. The smallest absolute Gasteiger partial charge is 0.0554 e. The van der Waals surface area contributed by atoms with Crippen LogP contribution in [0.5, 0.6) is 0 Å². The Bertz CT molecular complexity index is 2760. The maximum atomic E-state index is 2.46. The van der Waals surface area contributed by atoms with E-state index in [0.717, 1.165) is 11.4 Å².